The number of amides is 1. The first kappa shape index (κ1) is 17.7. The van der Waals surface area contributed by atoms with E-state index in [0.717, 1.165) is 16.6 Å². The van der Waals surface area contributed by atoms with E-state index in [1.807, 2.05) is 44.2 Å². The van der Waals surface area contributed by atoms with Crippen LogP contribution in [0.25, 0.3) is 11.0 Å². The molecular weight excluding hydrogens is 332 g/mol. The van der Waals surface area contributed by atoms with Crippen LogP contribution >= 0.6 is 0 Å². The Labute approximate surface area is 151 Å². The van der Waals surface area contributed by atoms with Gasteiger partial charge in [0.05, 0.1) is 17.6 Å². The zero-order chi connectivity index (χ0) is 18.5. The minimum atomic E-state index is -0.221. The van der Waals surface area contributed by atoms with Gasteiger partial charge in [0.1, 0.15) is 6.54 Å². The Kier molecular flexibility index (Phi) is 5.36. The summed E-state index contributed by atoms with van der Waals surface area (Å²) in [7, 11) is 0. The van der Waals surface area contributed by atoms with Gasteiger partial charge in [-0.2, -0.15) is 0 Å². The Hall–Kier alpha value is -3.09. The van der Waals surface area contributed by atoms with Crippen LogP contribution in [0.3, 0.4) is 0 Å². The highest BCUT2D eigenvalue weighted by Gasteiger charge is 2.14. The van der Waals surface area contributed by atoms with Crippen molar-refractivity contribution in [2.24, 2.45) is 0 Å². The molecule has 0 unspecified atom stereocenters. The SMILES string of the molecule is CCOc1cc(CNC(=O)Cn2c(=O)n(CC)c3ccccc32)ccn1. The Bertz CT molecular complexity index is 974. The van der Waals surface area contributed by atoms with Crippen molar-refractivity contribution in [2.45, 2.75) is 33.5 Å². The number of benzene rings is 1. The number of nitrogens with one attached hydrogen (secondary N) is 1. The van der Waals surface area contributed by atoms with Crippen LogP contribution in [0.1, 0.15) is 19.4 Å². The highest BCUT2D eigenvalue weighted by molar-refractivity contribution is 5.80. The maximum atomic E-state index is 12.6. The van der Waals surface area contributed by atoms with Gasteiger partial charge in [0.15, 0.2) is 0 Å². The van der Waals surface area contributed by atoms with Gasteiger partial charge < -0.3 is 10.1 Å². The quantitative estimate of drug-likeness (QED) is 0.703. The predicted molar refractivity (Wildman–Crippen MR) is 99.1 cm³/mol. The molecule has 2 heterocycles. The number of carbonyl (C=O) groups is 1. The molecule has 7 heteroatoms. The largest absolute Gasteiger partial charge is 0.478 e. The van der Waals surface area contributed by atoms with Crippen LogP contribution in [0, 0.1) is 0 Å². The molecule has 0 saturated carbocycles. The fourth-order valence-corrected chi connectivity index (χ4v) is 2.92. The first-order chi connectivity index (χ1) is 12.6. The third kappa shape index (κ3) is 3.61. The minimum absolute atomic E-state index is 0.0181. The van der Waals surface area contributed by atoms with E-state index < -0.39 is 0 Å². The predicted octanol–water partition coefficient (Wildman–Crippen LogP) is 1.93. The number of hydrogen-bond acceptors (Lipinski definition) is 4. The Balaban J connectivity index is 1.73. The number of para-hydroxylation sites is 2. The summed E-state index contributed by atoms with van der Waals surface area (Å²) in [6.07, 6.45) is 1.64. The lowest BCUT2D eigenvalue weighted by atomic mass is 10.2. The molecule has 26 heavy (non-hydrogen) atoms. The van der Waals surface area contributed by atoms with Crippen LogP contribution < -0.4 is 15.7 Å². The van der Waals surface area contributed by atoms with Crippen molar-refractivity contribution in [3.05, 3.63) is 58.6 Å². The van der Waals surface area contributed by atoms with Crippen LogP contribution in [0.2, 0.25) is 0 Å². The number of fused-ring (bicyclic) bond motifs is 1. The summed E-state index contributed by atoms with van der Waals surface area (Å²) in [4.78, 5) is 29.0. The van der Waals surface area contributed by atoms with Gasteiger partial charge in [-0.1, -0.05) is 12.1 Å². The molecule has 3 rings (SSSR count). The van der Waals surface area contributed by atoms with Crippen LogP contribution in [0.5, 0.6) is 5.88 Å². The molecule has 1 aromatic carbocycles. The Morgan fingerprint density at radius 3 is 2.58 bits per heavy atom. The number of imidazole rings is 1. The zero-order valence-corrected chi connectivity index (χ0v) is 14.9. The van der Waals surface area contributed by atoms with Gasteiger partial charge in [-0.05, 0) is 37.6 Å². The highest BCUT2D eigenvalue weighted by atomic mass is 16.5. The molecule has 0 saturated heterocycles. The molecule has 1 amide bonds. The molecule has 7 nitrogen and oxygen atoms in total. The third-order valence-corrected chi connectivity index (χ3v) is 4.12. The second-order valence-electron chi connectivity index (χ2n) is 5.81. The number of ether oxygens (including phenoxy) is 1. The molecule has 0 spiro atoms. The van der Waals surface area contributed by atoms with E-state index in [-0.39, 0.29) is 18.1 Å². The van der Waals surface area contributed by atoms with Crippen LogP contribution in [0.4, 0.5) is 0 Å². The van der Waals surface area contributed by atoms with Crippen molar-refractivity contribution in [1.82, 2.24) is 19.4 Å². The van der Waals surface area contributed by atoms with Crippen molar-refractivity contribution < 1.29 is 9.53 Å². The summed E-state index contributed by atoms with van der Waals surface area (Å²) < 4.78 is 8.53. The van der Waals surface area contributed by atoms with E-state index in [1.165, 1.54) is 4.57 Å². The molecule has 0 fully saturated rings. The van der Waals surface area contributed by atoms with E-state index in [2.05, 4.69) is 10.3 Å². The van der Waals surface area contributed by atoms with Gasteiger partial charge in [0.2, 0.25) is 11.8 Å². The molecule has 2 aromatic heterocycles. The van der Waals surface area contributed by atoms with E-state index >= 15 is 0 Å². The van der Waals surface area contributed by atoms with E-state index in [4.69, 9.17) is 4.74 Å². The number of aryl methyl sites for hydroxylation is 1. The molecule has 0 atom stereocenters. The summed E-state index contributed by atoms with van der Waals surface area (Å²) in [5.74, 6) is 0.308. The maximum absolute atomic E-state index is 12.6. The number of rotatable bonds is 7. The van der Waals surface area contributed by atoms with Crippen LogP contribution in [-0.4, -0.2) is 26.6 Å². The summed E-state index contributed by atoms with van der Waals surface area (Å²) in [5, 5.41) is 2.84. The lowest BCUT2D eigenvalue weighted by Gasteiger charge is -2.08. The number of carbonyl (C=O) groups excluding carboxylic acids is 1. The number of hydrogen-bond donors (Lipinski definition) is 1. The van der Waals surface area contributed by atoms with E-state index in [1.54, 1.807) is 16.8 Å². The summed E-state index contributed by atoms with van der Waals surface area (Å²) >= 11 is 0. The van der Waals surface area contributed by atoms with E-state index in [0.29, 0.717) is 25.6 Å². The molecule has 0 aliphatic rings. The molecule has 0 radical (unpaired) electrons. The third-order valence-electron chi connectivity index (χ3n) is 4.12. The fourth-order valence-electron chi connectivity index (χ4n) is 2.92. The van der Waals surface area contributed by atoms with Crippen molar-refractivity contribution in [3.63, 3.8) is 0 Å². The Morgan fingerprint density at radius 1 is 1.15 bits per heavy atom. The van der Waals surface area contributed by atoms with Gasteiger partial charge in [-0.15, -0.1) is 0 Å². The topological polar surface area (TPSA) is 78.1 Å². The first-order valence-electron chi connectivity index (χ1n) is 8.66. The Morgan fingerprint density at radius 2 is 1.88 bits per heavy atom. The lowest BCUT2D eigenvalue weighted by molar-refractivity contribution is -0.121. The molecule has 1 N–H and O–H groups in total. The molecule has 0 aliphatic carbocycles. The highest BCUT2D eigenvalue weighted by Crippen LogP contribution is 2.13. The van der Waals surface area contributed by atoms with Gasteiger partial charge in [-0.3, -0.25) is 13.9 Å². The second-order valence-corrected chi connectivity index (χ2v) is 5.81. The van der Waals surface area contributed by atoms with Gasteiger partial charge >= 0.3 is 5.69 Å². The molecule has 3 aromatic rings. The number of pyridine rings is 1. The summed E-state index contributed by atoms with van der Waals surface area (Å²) in [6.45, 7) is 5.23. The van der Waals surface area contributed by atoms with Gasteiger partial charge in [0, 0.05) is 25.4 Å². The van der Waals surface area contributed by atoms with Crippen LogP contribution in [0.15, 0.2) is 47.4 Å². The second kappa shape index (κ2) is 7.86. The first-order valence-corrected chi connectivity index (χ1v) is 8.66. The maximum Gasteiger partial charge on any atom is 0.329 e. The van der Waals surface area contributed by atoms with Crippen molar-refractivity contribution >= 4 is 16.9 Å². The standard InChI is InChI=1S/C19H22N4O3/c1-3-22-15-7-5-6-8-16(15)23(19(22)25)13-17(24)21-12-14-9-10-20-18(11-14)26-4-2/h5-11H,3-4,12-13H2,1-2H3,(H,21,24). The normalized spacial score (nSPS) is 10.8. The van der Waals surface area contributed by atoms with Gasteiger partial charge in [-0.25, -0.2) is 9.78 Å². The smallest absolute Gasteiger partial charge is 0.329 e. The minimum Gasteiger partial charge on any atom is -0.478 e. The molecule has 0 aliphatic heterocycles. The molecule has 136 valence electrons. The number of nitrogens with zero attached hydrogens (tertiary/aromatic N) is 3. The zero-order valence-electron chi connectivity index (χ0n) is 14.9. The summed E-state index contributed by atoms with van der Waals surface area (Å²) in [6, 6.07) is 11.1. The van der Waals surface area contributed by atoms with Crippen molar-refractivity contribution in [3.8, 4) is 5.88 Å². The summed E-state index contributed by atoms with van der Waals surface area (Å²) in [5.41, 5.74) is 2.31. The molecular formula is C19H22N4O3. The van der Waals surface area contributed by atoms with Crippen LogP contribution in [-0.2, 0) is 24.4 Å². The fraction of sp³-hybridized carbons (Fsp3) is 0.316. The lowest BCUT2D eigenvalue weighted by Crippen LogP contribution is -2.32. The average Bonchev–Trinajstić information content (AvgIpc) is 2.92. The monoisotopic (exact) mass is 354 g/mol. The van der Waals surface area contributed by atoms with Crippen molar-refractivity contribution in [1.29, 1.82) is 0 Å². The molecule has 0 bridgehead atoms. The van der Waals surface area contributed by atoms with E-state index in [9.17, 15) is 9.59 Å². The average molecular weight is 354 g/mol. The van der Waals surface area contributed by atoms with Gasteiger partial charge in [0.25, 0.3) is 0 Å². The number of aromatic nitrogens is 3. The van der Waals surface area contributed by atoms with Crippen molar-refractivity contribution in [2.75, 3.05) is 6.61 Å².